The lowest BCUT2D eigenvalue weighted by Gasteiger charge is -2.36. The molecule has 0 aliphatic carbocycles. The SMILES string of the molecule is CC[C@@H](C(=O)N1CCN(c2ncccn2)CC1)n1c2ccccc2c2cnn(C)c(=O)c21. The molecule has 4 heterocycles. The molecule has 1 atom stereocenters. The van der Waals surface area contributed by atoms with Crippen molar-refractivity contribution in [3.8, 4) is 0 Å². The molecule has 1 aliphatic rings. The first-order chi connectivity index (χ1) is 15.6. The van der Waals surface area contributed by atoms with E-state index in [2.05, 4.69) is 20.0 Å². The minimum Gasteiger partial charge on any atom is -0.337 e. The van der Waals surface area contributed by atoms with Gasteiger partial charge >= 0.3 is 0 Å². The van der Waals surface area contributed by atoms with Gasteiger partial charge in [0.15, 0.2) is 0 Å². The Bertz CT molecular complexity index is 1340. The predicted molar refractivity (Wildman–Crippen MR) is 123 cm³/mol. The van der Waals surface area contributed by atoms with E-state index < -0.39 is 6.04 Å². The standard InChI is InChI=1S/C23H25N7O2/c1-3-18(21(31)28-11-13-29(14-12-28)23-24-9-6-10-25-23)30-19-8-5-4-7-16(19)17-15-26-27(2)22(32)20(17)30/h4-10,15,18H,3,11-14H2,1-2H3/t18-/m0/s1. The van der Waals surface area contributed by atoms with Gasteiger partial charge in [-0.15, -0.1) is 0 Å². The van der Waals surface area contributed by atoms with Crippen molar-refractivity contribution in [1.82, 2.24) is 29.2 Å². The van der Waals surface area contributed by atoms with Crippen LogP contribution in [0.4, 0.5) is 5.95 Å². The molecule has 0 unspecified atom stereocenters. The number of anilines is 1. The van der Waals surface area contributed by atoms with E-state index in [-0.39, 0.29) is 11.5 Å². The number of aryl methyl sites for hydroxylation is 1. The van der Waals surface area contributed by atoms with Crippen LogP contribution < -0.4 is 10.5 Å². The number of nitrogens with zero attached hydrogens (tertiary/aromatic N) is 7. The molecule has 0 radical (unpaired) electrons. The lowest BCUT2D eigenvalue weighted by molar-refractivity contribution is -0.135. The van der Waals surface area contributed by atoms with Crippen LogP contribution in [0, 0.1) is 0 Å². The number of piperazine rings is 1. The highest BCUT2D eigenvalue weighted by atomic mass is 16.2. The number of benzene rings is 1. The molecule has 9 heteroatoms. The zero-order chi connectivity index (χ0) is 22.2. The van der Waals surface area contributed by atoms with Crippen LogP contribution in [-0.4, -0.2) is 61.3 Å². The summed E-state index contributed by atoms with van der Waals surface area (Å²) in [5, 5.41) is 5.92. The van der Waals surface area contributed by atoms with Gasteiger partial charge in [0.25, 0.3) is 5.56 Å². The third-order valence-electron chi connectivity index (χ3n) is 6.22. The first kappa shape index (κ1) is 20.2. The molecule has 4 aromatic rings. The second-order valence-corrected chi connectivity index (χ2v) is 8.01. The maximum absolute atomic E-state index is 13.7. The molecule has 1 aliphatic heterocycles. The smallest absolute Gasteiger partial charge is 0.291 e. The normalized spacial score (nSPS) is 15.4. The Morgan fingerprint density at radius 3 is 2.47 bits per heavy atom. The van der Waals surface area contributed by atoms with Gasteiger partial charge in [-0.1, -0.05) is 25.1 Å². The molecule has 0 N–H and O–H groups in total. The number of rotatable bonds is 4. The first-order valence-corrected chi connectivity index (χ1v) is 10.9. The summed E-state index contributed by atoms with van der Waals surface area (Å²) in [6.45, 7) is 4.51. The van der Waals surface area contributed by atoms with Crippen molar-refractivity contribution in [2.24, 2.45) is 7.05 Å². The Morgan fingerprint density at radius 2 is 1.75 bits per heavy atom. The molecule has 0 spiro atoms. The van der Waals surface area contributed by atoms with Crippen molar-refractivity contribution in [3.63, 3.8) is 0 Å². The molecule has 164 valence electrons. The van der Waals surface area contributed by atoms with Gasteiger partial charge in [0.1, 0.15) is 11.6 Å². The molecular weight excluding hydrogens is 406 g/mol. The van der Waals surface area contributed by atoms with Crippen molar-refractivity contribution in [2.75, 3.05) is 31.1 Å². The molecule has 32 heavy (non-hydrogen) atoms. The monoisotopic (exact) mass is 431 g/mol. The van der Waals surface area contributed by atoms with Crippen LogP contribution in [0.1, 0.15) is 19.4 Å². The van der Waals surface area contributed by atoms with Crippen molar-refractivity contribution in [2.45, 2.75) is 19.4 Å². The van der Waals surface area contributed by atoms with Gasteiger partial charge in [-0.2, -0.15) is 5.10 Å². The van der Waals surface area contributed by atoms with E-state index in [0.29, 0.717) is 44.1 Å². The van der Waals surface area contributed by atoms with Crippen molar-refractivity contribution < 1.29 is 4.79 Å². The maximum Gasteiger partial charge on any atom is 0.291 e. The third-order valence-corrected chi connectivity index (χ3v) is 6.22. The molecule has 9 nitrogen and oxygen atoms in total. The van der Waals surface area contributed by atoms with Crippen molar-refractivity contribution in [3.05, 3.63) is 59.3 Å². The quantitative estimate of drug-likeness (QED) is 0.491. The van der Waals surface area contributed by atoms with E-state index >= 15 is 0 Å². The highest BCUT2D eigenvalue weighted by Gasteiger charge is 2.31. The average Bonchev–Trinajstić information content (AvgIpc) is 3.17. The first-order valence-electron chi connectivity index (χ1n) is 10.9. The highest BCUT2D eigenvalue weighted by Crippen LogP contribution is 2.31. The average molecular weight is 432 g/mol. The van der Waals surface area contributed by atoms with Crippen LogP contribution in [0.3, 0.4) is 0 Å². The molecule has 3 aromatic heterocycles. The number of amides is 1. The minimum absolute atomic E-state index is 0.0302. The van der Waals surface area contributed by atoms with Gasteiger partial charge in [-0.3, -0.25) is 9.59 Å². The van der Waals surface area contributed by atoms with E-state index in [1.165, 1.54) is 4.68 Å². The Labute approximate surface area is 184 Å². The Hall–Kier alpha value is -3.75. The zero-order valence-electron chi connectivity index (χ0n) is 18.2. The lowest BCUT2D eigenvalue weighted by atomic mass is 10.1. The molecule has 1 fully saturated rings. The van der Waals surface area contributed by atoms with E-state index in [1.54, 1.807) is 31.7 Å². The fourth-order valence-electron chi connectivity index (χ4n) is 4.57. The van der Waals surface area contributed by atoms with E-state index in [4.69, 9.17) is 0 Å². The summed E-state index contributed by atoms with van der Waals surface area (Å²) >= 11 is 0. The summed E-state index contributed by atoms with van der Waals surface area (Å²) in [6.07, 6.45) is 5.75. The largest absolute Gasteiger partial charge is 0.337 e. The van der Waals surface area contributed by atoms with Gasteiger partial charge in [0, 0.05) is 56.4 Å². The van der Waals surface area contributed by atoms with Gasteiger partial charge in [0.05, 0.1) is 11.7 Å². The second kappa shape index (κ2) is 8.07. The number of hydrogen-bond acceptors (Lipinski definition) is 6. The number of hydrogen-bond donors (Lipinski definition) is 0. The zero-order valence-corrected chi connectivity index (χ0v) is 18.2. The number of para-hydroxylation sites is 1. The van der Waals surface area contributed by atoms with E-state index in [1.807, 2.05) is 40.7 Å². The Morgan fingerprint density at radius 1 is 1.03 bits per heavy atom. The molecular formula is C23H25N7O2. The third kappa shape index (κ3) is 3.21. The fourth-order valence-corrected chi connectivity index (χ4v) is 4.57. The minimum atomic E-state index is -0.466. The molecule has 5 rings (SSSR count). The van der Waals surface area contributed by atoms with Crippen LogP contribution >= 0.6 is 0 Å². The molecule has 1 saturated heterocycles. The van der Waals surface area contributed by atoms with Crippen LogP contribution in [0.2, 0.25) is 0 Å². The second-order valence-electron chi connectivity index (χ2n) is 8.01. The number of aromatic nitrogens is 5. The summed E-state index contributed by atoms with van der Waals surface area (Å²) in [5.41, 5.74) is 1.21. The summed E-state index contributed by atoms with van der Waals surface area (Å²) in [5.74, 6) is 0.715. The fraction of sp³-hybridized carbons (Fsp3) is 0.348. The van der Waals surface area contributed by atoms with Crippen LogP contribution in [0.5, 0.6) is 0 Å². The van der Waals surface area contributed by atoms with E-state index in [0.717, 1.165) is 16.3 Å². The Kier molecular flexibility index (Phi) is 5.08. The van der Waals surface area contributed by atoms with Gasteiger partial charge in [-0.05, 0) is 18.6 Å². The van der Waals surface area contributed by atoms with E-state index in [9.17, 15) is 9.59 Å². The van der Waals surface area contributed by atoms with Crippen LogP contribution in [0.25, 0.3) is 21.8 Å². The molecule has 0 saturated carbocycles. The summed E-state index contributed by atoms with van der Waals surface area (Å²) in [6, 6.07) is 9.15. The number of carbonyl (C=O) groups is 1. The van der Waals surface area contributed by atoms with Crippen LogP contribution in [0.15, 0.2) is 53.7 Å². The summed E-state index contributed by atoms with van der Waals surface area (Å²) in [4.78, 5) is 39.4. The summed E-state index contributed by atoms with van der Waals surface area (Å²) in [7, 11) is 1.64. The van der Waals surface area contributed by atoms with Crippen molar-refractivity contribution >= 4 is 33.7 Å². The predicted octanol–water partition coefficient (Wildman–Crippen LogP) is 1.98. The van der Waals surface area contributed by atoms with Crippen molar-refractivity contribution in [1.29, 1.82) is 0 Å². The maximum atomic E-state index is 13.7. The van der Waals surface area contributed by atoms with Gasteiger partial charge in [0.2, 0.25) is 11.9 Å². The molecule has 1 aromatic carbocycles. The molecule has 0 bridgehead atoms. The molecule has 1 amide bonds. The topological polar surface area (TPSA) is 89.2 Å². The lowest BCUT2D eigenvalue weighted by Crippen LogP contribution is -2.51. The highest BCUT2D eigenvalue weighted by molar-refractivity contribution is 6.08. The Balaban J connectivity index is 1.51. The summed E-state index contributed by atoms with van der Waals surface area (Å²) < 4.78 is 3.25. The van der Waals surface area contributed by atoms with Gasteiger partial charge < -0.3 is 14.4 Å². The van der Waals surface area contributed by atoms with Crippen LogP contribution in [-0.2, 0) is 11.8 Å². The van der Waals surface area contributed by atoms with Gasteiger partial charge in [-0.25, -0.2) is 14.6 Å². The number of carbonyl (C=O) groups excluding carboxylic acids is 1. The number of fused-ring (bicyclic) bond motifs is 3.